The molecule has 0 aromatic heterocycles. The summed E-state index contributed by atoms with van der Waals surface area (Å²) in [4.78, 5) is 22.2. The molecule has 0 radical (unpaired) electrons. The fraction of sp³-hybridized carbons (Fsp3) is 0.559. The Morgan fingerprint density at radius 2 is 1.80 bits per heavy atom. The van der Waals surface area contributed by atoms with E-state index >= 15 is 4.39 Å². The molecule has 4 unspecified atom stereocenters. The topological polar surface area (TPSA) is 63.2 Å². The maximum atomic E-state index is 15.9. The Labute approximate surface area is 243 Å². The fourth-order valence-electron chi connectivity index (χ4n) is 6.04. The smallest absolute Gasteiger partial charge is 0.330 e. The van der Waals surface area contributed by atoms with Gasteiger partial charge in [-0.25, -0.2) is 19.0 Å². The molecule has 4 rings (SSSR count). The van der Waals surface area contributed by atoms with Gasteiger partial charge in [0.25, 0.3) is 0 Å². The molecule has 224 valence electrons. The predicted octanol–water partition coefficient (Wildman–Crippen LogP) is 7.95. The van der Waals surface area contributed by atoms with Gasteiger partial charge >= 0.3 is 5.97 Å². The molecule has 2 aromatic rings. The number of esters is 1. The molecule has 2 aromatic carbocycles. The number of halogens is 1. The van der Waals surface area contributed by atoms with Crippen molar-refractivity contribution in [3.63, 3.8) is 0 Å². The molecule has 7 heteroatoms. The van der Waals surface area contributed by atoms with Gasteiger partial charge in [-0.3, -0.25) is 0 Å². The van der Waals surface area contributed by atoms with Crippen molar-refractivity contribution in [2.75, 3.05) is 26.4 Å². The zero-order valence-electron chi connectivity index (χ0n) is 24.2. The van der Waals surface area contributed by atoms with E-state index in [0.717, 1.165) is 79.9 Å². The van der Waals surface area contributed by atoms with E-state index in [4.69, 9.17) is 24.0 Å². The highest BCUT2D eigenvalue weighted by atomic mass is 19.1. The third-order valence-corrected chi connectivity index (χ3v) is 8.29. The molecule has 1 heterocycles. The highest BCUT2D eigenvalue weighted by molar-refractivity contribution is 5.84. The molecule has 1 saturated heterocycles. The van der Waals surface area contributed by atoms with Crippen molar-refractivity contribution < 1.29 is 33.2 Å². The summed E-state index contributed by atoms with van der Waals surface area (Å²) in [5.41, 5.74) is 0.373. The van der Waals surface area contributed by atoms with Crippen LogP contribution in [0, 0.1) is 0 Å². The van der Waals surface area contributed by atoms with Gasteiger partial charge in [0.15, 0.2) is 0 Å². The maximum Gasteiger partial charge on any atom is 0.330 e. The highest BCUT2D eigenvalue weighted by Crippen LogP contribution is 2.46. The number of carbonyl (C=O) groups excluding carboxylic acids is 1. The Kier molecular flexibility index (Phi) is 12.2. The van der Waals surface area contributed by atoms with Crippen LogP contribution in [0.15, 0.2) is 61.7 Å². The fourth-order valence-corrected chi connectivity index (χ4v) is 6.04. The number of unbranched alkanes of at least 4 members (excludes halogenated alkanes) is 3. The van der Waals surface area contributed by atoms with Crippen LogP contribution in [0.2, 0.25) is 0 Å². The Morgan fingerprint density at radius 3 is 2.61 bits per heavy atom. The Hall–Kier alpha value is -2.74. The van der Waals surface area contributed by atoms with Gasteiger partial charge < -0.3 is 14.2 Å². The van der Waals surface area contributed by atoms with Crippen molar-refractivity contribution >= 4 is 16.7 Å². The molecule has 6 nitrogen and oxygen atoms in total. The van der Waals surface area contributed by atoms with E-state index in [1.807, 2.05) is 12.1 Å². The maximum absolute atomic E-state index is 15.9. The predicted molar refractivity (Wildman–Crippen MR) is 159 cm³/mol. The van der Waals surface area contributed by atoms with E-state index in [1.165, 1.54) is 6.08 Å². The first-order chi connectivity index (χ1) is 20.0. The summed E-state index contributed by atoms with van der Waals surface area (Å²) < 4.78 is 33.2. The van der Waals surface area contributed by atoms with E-state index in [-0.39, 0.29) is 18.0 Å². The number of ether oxygens (including phenoxy) is 3. The molecule has 0 amide bonds. The molecule has 41 heavy (non-hydrogen) atoms. The summed E-state index contributed by atoms with van der Waals surface area (Å²) in [6.07, 6.45) is 11.0. The zero-order chi connectivity index (χ0) is 28.9. The molecule has 1 aliphatic heterocycles. The van der Waals surface area contributed by atoms with E-state index < -0.39 is 11.8 Å². The Morgan fingerprint density at radius 1 is 1.00 bits per heavy atom. The van der Waals surface area contributed by atoms with Crippen LogP contribution in [0.4, 0.5) is 4.39 Å². The summed E-state index contributed by atoms with van der Waals surface area (Å²) in [5, 5.41) is 2.16. The van der Waals surface area contributed by atoms with Crippen molar-refractivity contribution in [1.29, 1.82) is 0 Å². The average Bonchev–Trinajstić information content (AvgIpc) is 2.98. The van der Waals surface area contributed by atoms with Crippen molar-refractivity contribution in [1.82, 2.24) is 0 Å². The van der Waals surface area contributed by atoms with Gasteiger partial charge in [-0.1, -0.05) is 49.8 Å². The minimum Gasteiger partial charge on any atom is -0.494 e. The molecular formula is C34H45FO6. The first-order valence-electron chi connectivity index (χ1n) is 15.2. The van der Waals surface area contributed by atoms with Crippen LogP contribution in [0.5, 0.6) is 5.75 Å². The van der Waals surface area contributed by atoms with Crippen molar-refractivity contribution in [3.8, 4) is 5.75 Å². The third kappa shape index (κ3) is 8.87. The van der Waals surface area contributed by atoms with Crippen LogP contribution in [0.3, 0.4) is 0 Å². The summed E-state index contributed by atoms with van der Waals surface area (Å²) in [6, 6.07) is 12.3. The summed E-state index contributed by atoms with van der Waals surface area (Å²) in [5.74, 6) is 0.284. The summed E-state index contributed by atoms with van der Waals surface area (Å²) in [7, 11) is 0. The molecule has 1 aliphatic carbocycles. The molecule has 1 saturated carbocycles. The normalized spacial score (nSPS) is 24.9. The second-order valence-electron chi connectivity index (χ2n) is 11.2. The van der Waals surface area contributed by atoms with Crippen LogP contribution in [-0.2, 0) is 24.0 Å². The van der Waals surface area contributed by atoms with Crippen LogP contribution in [0.25, 0.3) is 10.8 Å². The summed E-state index contributed by atoms with van der Waals surface area (Å²) >= 11 is 0. The zero-order valence-corrected chi connectivity index (χ0v) is 24.2. The number of carbonyl (C=O) groups is 1. The van der Waals surface area contributed by atoms with Gasteiger partial charge in [-0.15, -0.1) is 6.58 Å². The lowest BCUT2D eigenvalue weighted by Crippen LogP contribution is -2.52. The molecule has 2 fully saturated rings. The minimum atomic E-state index is -1.03. The van der Waals surface area contributed by atoms with Gasteiger partial charge in [-0.2, -0.15) is 0 Å². The second kappa shape index (κ2) is 16.0. The van der Waals surface area contributed by atoms with E-state index in [9.17, 15) is 4.79 Å². The minimum absolute atomic E-state index is 0.176. The molecule has 4 atom stereocenters. The first-order valence-corrected chi connectivity index (χ1v) is 15.2. The van der Waals surface area contributed by atoms with E-state index in [2.05, 4.69) is 37.4 Å². The lowest BCUT2D eigenvalue weighted by Gasteiger charge is -2.46. The number of hydrogen-bond donors (Lipinski definition) is 0. The largest absolute Gasteiger partial charge is 0.494 e. The number of alkyl halides is 1. The van der Waals surface area contributed by atoms with E-state index in [1.54, 1.807) is 6.08 Å². The standard InChI is InChI=1S/C34H45FO6/c1-3-19-40-41-32-12-8-7-11-22-39-34(32)18-17-30(31(35)25-34)28-14-13-27-24-29(16-15-26(27)23-28)37-20-9-5-6-10-21-38-33(36)4-2/h3-4,13-16,23-24,30-32H,1-2,5-12,17-22,25H2. The van der Waals surface area contributed by atoms with Crippen molar-refractivity contribution in [3.05, 3.63) is 67.3 Å². The van der Waals surface area contributed by atoms with Crippen molar-refractivity contribution in [2.24, 2.45) is 0 Å². The molecule has 0 bridgehead atoms. The van der Waals surface area contributed by atoms with Gasteiger partial charge in [-0.05, 0) is 79.8 Å². The number of benzene rings is 2. The lowest BCUT2D eigenvalue weighted by atomic mass is 9.71. The van der Waals surface area contributed by atoms with Gasteiger partial charge in [0.1, 0.15) is 30.2 Å². The summed E-state index contributed by atoms with van der Waals surface area (Å²) in [6.45, 7) is 9.06. The van der Waals surface area contributed by atoms with Crippen LogP contribution >= 0.6 is 0 Å². The monoisotopic (exact) mass is 568 g/mol. The number of rotatable bonds is 14. The van der Waals surface area contributed by atoms with E-state index in [0.29, 0.717) is 39.3 Å². The van der Waals surface area contributed by atoms with Crippen LogP contribution in [-0.4, -0.2) is 50.3 Å². The molecule has 2 aliphatic rings. The second-order valence-corrected chi connectivity index (χ2v) is 11.2. The third-order valence-electron chi connectivity index (χ3n) is 8.29. The van der Waals surface area contributed by atoms with Crippen LogP contribution < -0.4 is 4.74 Å². The molecule has 0 N–H and O–H groups in total. The molecular weight excluding hydrogens is 523 g/mol. The average molecular weight is 569 g/mol. The van der Waals surface area contributed by atoms with Gasteiger partial charge in [0.2, 0.25) is 0 Å². The highest BCUT2D eigenvalue weighted by Gasteiger charge is 2.49. The number of fused-ring (bicyclic) bond motifs is 1. The lowest BCUT2D eigenvalue weighted by molar-refractivity contribution is -0.357. The SMILES string of the molecule is C=CCOOC1CCCCCOC12CCC(c1ccc3cc(OCCCCCCOC(=O)C=C)ccc3c1)C(F)C2. The Balaban J connectivity index is 1.30. The first kappa shape index (κ1) is 31.2. The Bertz CT molecular complexity index is 1140. The van der Waals surface area contributed by atoms with Crippen molar-refractivity contribution in [2.45, 2.75) is 94.4 Å². The molecule has 1 spiro atoms. The van der Waals surface area contributed by atoms with Crippen LogP contribution in [0.1, 0.15) is 82.1 Å². The quantitative estimate of drug-likeness (QED) is 0.0576. The van der Waals surface area contributed by atoms with Gasteiger partial charge in [0, 0.05) is 25.0 Å². The van der Waals surface area contributed by atoms with Gasteiger partial charge in [0.05, 0.1) is 13.2 Å². The number of hydrogen-bond acceptors (Lipinski definition) is 6.